The topological polar surface area (TPSA) is 123 Å². The Morgan fingerprint density at radius 1 is 0.981 bits per heavy atom. The molecule has 2 aromatic heterocycles. The molecule has 4 aliphatic rings. The molecule has 54 heavy (non-hydrogen) atoms. The lowest BCUT2D eigenvalue weighted by atomic mass is 9.75. The summed E-state index contributed by atoms with van der Waals surface area (Å²) in [7, 11) is 1.44. The second-order valence-corrected chi connectivity index (χ2v) is 16.0. The van der Waals surface area contributed by atoms with E-state index < -0.39 is 17.2 Å². The van der Waals surface area contributed by atoms with Gasteiger partial charge in [-0.05, 0) is 98.9 Å². The summed E-state index contributed by atoms with van der Waals surface area (Å²) in [6.45, 7) is 8.64. The van der Waals surface area contributed by atoms with Crippen LogP contribution in [0.15, 0.2) is 24.3 Å². The Morgan fingerprint density at radius 2 is 1.80 bits per heavy atom. The highest BCUT2D eigenvalue weighted by Crippen LogP contribution is 2.49. The van der Waals surface area contributed by atoms with E-state index in [1.165, 1.54) is 25.3 Å². The summed E-state index contributed by atoms with van der Waals surface area (Å²) in [5.74, 6) is -0.348. The third kappa shape index (κ3) is 6.93. The van der Waals surface area contributed by atoms with Gasteiger partial charge in [0.2, 0.25) is 5.88 Å². The molecule has 13 heteroatoms. The molecule has 4 aromatic rings. The summed E-state index contributed by atoms with van der Waals surface area (Å²) in [5, 5.41) is 23.2. The maximum absolute atomic E-state index is 17.4. The molecule has 3 saturated heterocycles. The summed E-state index contributed by atoms with van der Waals surface area (Å²) in [6.07, 6.45) is 7.89. The highest BCUT2D eigenvalue weighted by atomic mass is 19.1. The van der Waals surface area contributed by atoms with Gasteiger partial charge in [-0.2, -0.15) is 9.97 Å². The standard InChI is InChI=1S/C41H51F2N5O6/c1-4-28-30(42)9-8-26-19-27(49)20-29(32(26)28)35-34(43)36-33(38(44-35)51-3)37(48-15-18-53-23-40(2,50)22-48)46-39(45-36)54-24-41-12-5-7-31(41)47(14-6-13-41)21-25-10-16-52-17-11-25/h8-9,19-20,25,31,49-50H,4-7,10-18,21-24H2,1-3H3. The van der Waals surface area contributed by atoms with Gasteiger partial charge in [-0.1, -0.05) is 19.4 Å². The van der Waals surface area contributed by atoms with Crippen molar-refractivity contribution in [1.82, 2.24) is 19.9 Å². The minimum absolute atomic E-state index is 0.0167. The minimum atomic E-state index is -1.22. The number of ether oxygens (including phenoxy) is 4. The second kappa shape index (κ2) is 15.0. The number of hydrogen-bond donors (Lipinski definition) is 2. The smallest absolute Gasteiger partial charge is 0.319 e. The van der Waals surface area contributed by atoms with E-state index in [2.05, 4.69) is 9.88 Å². The molecule has 8 rings (SSSR count). The Labute approximate surface area is 314 Å². The van der Waals surface area contributed by atoms with Crippen molar-refractivity contribution < 1.29 is 37.9 Å². The number of nitrogens with zero attached hydrogens (tertiary/aromatic N) is 5. The van der Waals surface area contributed by atoms with Crippen molar-refractivity contribution in [2.45, 2.75) is 76.9 Å². The lowest BCUT2D eigenvalue weighted by molar-refractivity contribution is -0.0203. The predicted molar refractivity (Wildman–Crippen MR) is 201 cm³/mol. The number of aryl methyl sites for hydroxylation is 1. The lowest BCUT2D eigenvalue weighted by Gasteiger charge is -2.47. The number of β-amino-alcohol motifs (C(OH)–C–C–N with tert-alkyl or cyclic N) is 1. The van der Waals surface area contributed by atoms with Gasteiger partial charge in [0.1, 0.15) is 39.6 Å². The highest BCUT2D eigenvalue weighted by Gasteiger charge is 2.49. The first-order chi connectivity index (χ1) is 26.1. The summed E-state index contributed by atoms with van der Waals surface area (Å²) in [6, 6.07) is 6.24. The summed E-state index contributed by atoms with van der Waals surface area (Å²) >= 11 is 0. The Hall–Kier alpha value is -3.91. The molecular formula is C41H51F2N5O6. The van der Waals surface area contributed by atoms with Gasteiger partial charge in [0, 0.05) is 43.3 Å². The molecule has 3 unspecified atom stereocenters. The Balaban J connectivity index is 1.24. The van der Waals surface area contributed by atoms with Crippen LogP contribution in [0.3, 0.4) is 0 Å². The number of anilines is 1. The number of pyridine rings is 1. The second-order valence-electron chi connectivity index (χ2n) is 16.0. The van der Waals surface area contributed by atoms with E-state index in [1.54, 1.807) is 13.0 Å². The number of fused-ring (bicyclic) bond motifs is 3. The van der Waals surface area contributed by atoms with Gasteiger partial charge in [-0.15, -0.1) is 0 Å². The number of aliphatic hydroxyl groups is 1. The Kier molecular flexibility index (Phi) is 10.3. The van der Waals surface area contributed by atoms with Crippen molar-refractivity contribution in [3.63, 3.8) is 0 Å². The molecule has 11 nitrogen and oxygen atoms in total. The van der Waals surface area contributed by atoms with Crippen LogP contribution in [0, 0.1) is 23.0 Å². The number of aromatic nitrogens is 3. The molecule has 0 amide bonds. The van der Waals surface area contributed by atoms with Crippen LogP contribution in [0.25, 0.3) is 32.9 Å². The quantitative estimate of drug-likeness (QED) is 0.197. The SMILES string of the molecule is CCc1c(F)ccc2cc(O)cc(-c3nc(OC)c4c(N5CCOCC(C)(O)C5)nc(OCC56CCCC5N(CC5CCOCC5)CCC6)nc4c3F)c12. The lowest BCUT2D eigenvalue weighted by Crippen LogP contribution is -2.53. The van der Waals surface area contributed by atoms with Crippen LogP contribution < -0.4 is 14.4 Å². The number of phenolic OH excluding ortho intramolecular Hbond substituents is 1. The van der Waals surface area contributed by atoms with Crippen LogP contribution in [-0.4, -0.2) is 108 Å². The molecule has 290 valence electrons. The van der Waals surface area contributed by atoms with E-state index in [1.807, 2.05) is 11.8 Å². The van der Waals surface area contributed by atoms with E-state index in [0.717, 1.165) is 71.2 Å². The zero-order valence-electron chi connectivity index (χ0n) is 31.5. The number of methoxy groups -OCH3 is 1. The third-order valence-corrected chi connectivity index (χ3v) is 12.2. The average molecular weight is 748 g/mol. The van der Waals surface area contributed by atoms with Gasteiger partial charge in [-0.3, -0.25) is 4.90 Å². The molecule has 3 aliphatic heterocycles. The average Bonchev–Trinajstić information content (AvgIpc) is 3.52. The minimum Gasteiger partial charge on any atom is -0.508 e. The molecular weight excluding hydrogens is 696 g/mol. The molecule has 5 heterocycles. The van der Waals surface area contributed by atoms with Crippen LogP contribution in [0.2, 0.25) is 0 Å². The van der Waals surface area contributed by atoms with Gasteiger partial charge in [0.25, 0.3) is 0 Å². The largest absolute Gasteiger partial charge is 0.508 e. The van der Waals surface area contributed by atoms with Gasteiger partial charge in [0.05, 0.1) is 33.5 Å². The van der Waals surface area contributed by atoms with Crippen LogP contribution in [-0.2, 0) is 15.9 Å². The fourth-order valence-corrected chi connectivity index (χ4v) is 9.64. The van der Waals surface area contributed by atoms with Gasteiger partial charge in [-0.25, -0.2) is 13.8 Å². The number of hydrogen-bond acceptors (Lipinski definition) is 11. The molecule has 4 fully saturated rings. The van der Waals surface area contributed by atoms with Crippen molar-refractivity contribution in [2.75, 3.05) is 71.2 Å². The fourth-order valence-electron chi connectivity index (χ4n) is 9.64. The Morgan fingerprint density at radius 3 is 2.59 bits per heavy atom. The summed E-state index contributed by atoms with van der Waals surface area (Å²) in [5.41, 5.74) is -0.937. The van der Waals surface area contributed by atoms with Crippen LogP contribution >= 0.6 is 0 Å². The maximum Gasteiger partial charge on any atom is 0.319 e. The molecule has 3 atom stereocenters. The summed E-state index contributed by atoms with van der Waals surface area (Å²) < 4.78 is 56.4. The number of phenols is 1. The van der Waals surface area contributed by atoms with Crippen molar-refractivity contribution >= 4 is 27.5 Å². The monoisotopic (exact) mass is 747 g/mol. The van der Waals surface area contributed by atoms with E-state index in [9.17, 15) is 10.2 Å². The molecule has 1 saturated carbocycles. The van der Waals surface area contributed by atoms with Gasteiger partial charge >= 0.3 is 6.01 Å². The number of aromatic hydroxyl groups is 1. The van der Waals surface area contributed by atoms with E-state index in [0.29, 0.717) is 60.3 Å². The zero-order chi connectivity index (χ0) is 37.6. The van der Waals surface area contributed by atoms with Crippen LogP contribution in [0.4, 0.5) is 14.6 Å². The Bertz CT molecular complexity index is 2030. The normalized spacial score (nSPS) is 25.6. The maximum atomic E-state index is 17.4. The summed E-state index contributed by atoms with van der Waals surface area (Å²) in [4.78, 5) is 18.8. The number of likely N-dealkylation sites (tertiary alicyclic amines) is 1. The first kappa shape index (κ1) is 37.0. The van der Waals surface area contributed by atoms with E-state index in [-0.39, 0.29) is 58.4 Å². The first-order valence-corrected chi connectivity index (χ1v) is 19.5. The number of rotatable bonds is 9. The van der Waals surface area contributed by atoms with Gasteiger partial charge in [0.15, 0.2) is 5.82 Å². The van der Waals surface area contributed by atoms with Crippen molar-refractivity contribution in [2.24, 2.45) is 11.3 Å². The fraction of sp³-hybridized carbons (Fsp3) is 0.585. The van der Waals surface area contributed by atoms with Crippen molar-refractivity contribution in [3.05, 3.63) is 41.5 Å². The third-order valence-electron chi connectivity index (χ3n) is 12.2. The highest BCUT2D eigenvalue weighted by molar-refractivity contribution is 6.03. The van der Waals surface area contributed by atoms with Crippen LogP contribution in [0.1, 0.15) is 64.4 Å². The molecule has 0 radical (unpaired) electrons. The number of halogens is 2. The molecule has 2 N–H and O–H groups in total. The molecule has 0 bridgehead atoms. The molecule has 0 spiro atoms. The predicted octanol–water partition coefficient (Wildman–Crippen LogP) is 6.43. The molecule has 1 aliphatic carbocycles. The van der Waals surface area contributed by atoms with Crippen LogP contribution in [0.5, 0.6) is 17.6 Å². The number of benzene rings is 2. The van der Waals surface area contributed by atoms with Crippen molar-refractivity contribution in [1.29, 1.82) is 0 Å². The number of piperidine rings is 1. The van der Waals surface area contributed by atoms with E-state index >= 15 is 8.78 Å². The van der Waals surface area contributed by atoms with Crippen molar-refractivity contribution in [3.8, 4) is 28.9 Å². The molecule has 2 aromatic carbocycles. The van der Waals surface area contributed by atoms with Gasteiger partial charge < -0.3 is 34.1 Å². The zero-order valence-corrected chi connectivity index (χ0v) is 31.5. The first-order valence-electron chi connectivity index (χ1n) is 19.5. The van der Waals surface area contributed by atoms with E-state index in [4.69, 9.17) is 28.9 Å².